The highest BCUT2D eigenvalue weighted by Gasteiger charge is 2.26. The first kappa shape index (κ1) is 26.3. The lowest BCUT2D eigenvalue weighted by atomic mass is 10.00. The van der Waals surface area contributed by atoms with Crippen molar-refractivity contribution >= 4 is 17.7 Å². The molecule has 0 N–H and O–H groups in total. The minimum absolute atomic E-state index is 0.0765. The smallest absolute Gasteiger partial charge is 0.333 e. The number of carbonyl (C=O) groups is 1. The van der Waals surface area contributed by atoms with Crippen LogP contribution in [0.3, 0.4) is 0 Å². The Morgan fingerprint density at radius 3 is 2.57 bits per heavy atom. The van der Waals surface area contributed by atoms with Gasteiger partial charge in [0.15, 0.2) is 0 Å². The van der Waals surface area contributed by atoms with Gasteiger partial charge in [-0.1, -0.05) is 38.5 Å². The number of methoxy groups -OCH3 is 1. The maximum absolute atomic E-state index is 12.5. The fraction of sp³-hybridized carbons (Fsp3) is 0.429. The zero-order valence-electron chi connectivity index (χ0n) is 21.8. The van der Waals surface area contributed by atoms with Crippen molar-refractivity contribution in [3.8, 4) is 16.9 Å². The summed E-state index contributed by atoms with van der Waals surface area (Å²) in [6.07, 6.45) is 7.04. The number of aromatic nitrogens is 4. The number of carbonyl (C=O) groups excluding carboxylic acids is 1. The van der Waals surface area contributed by atoms with Crippen LogP contribution in [0.1, 0.15) is 51.3 Å². The Morgan fingerprint density at radius 2 is 1.86 bits per heavy atom. The summed E-state index contributed by atoms with van der Waals surface area (Å²) in [5.41, 5.74) is 4.72. The number of ether oxygens (including phenoxy) is 3. The van der Waals surface area contributed by atoms with E-state index in [2.05, 4.69) is 52.5 Å². The van der Waals surface area contributed by atoms with Crippen molar-refractivity contribution in [1.82, 2.24) is 20.2 Å². The predicted octanol–water partition coefficient (Wildman–Crippen LogP) is 4.91. The Kier molecular flexibility index (Phi) is 9.26. The van der Waals surface area contributed by atoms with Crippen molar-refractivity contribution in [1.29, 1.82) is 0 Å². The molecule has 37 heavy (non-hydrogen) atoms. The highest BCUT2D eigenvalue weighted by atomic mass is 16.5. The van der Waals surface area contributed by atoms with Gasteiger partial charge in [0.1, 0.15) is 24.8 Å². The topological polar surface area (TPSA) is 91.6 Å². The van der Waals surface area contributed by atoms with Crippen LogP contribution in [0.5, 0.6) is 5.75 Å². The molecule has 0 saturated carbocycles. The molecule has 196 valence electrons. The minimum atomic E-state index is -0.311. The van der Waals surface area contributed by atoms with Gasteiger partial charge in [-0.25, -0.2) is 9.48 Å². The standard InChI is InChI=1S/C28H35N5O4/c1-4-6-15-36-16-17-37-25-10-7-21(8-11-25)22-9-12-26-24(18-22)19-23(28(34)35-3)13-14-32(26)27(5-2)33-20-29-30-31-33/h7-12,18-20,27H,4-6,13-17H2,1-3H3. The van der Waals surface area contributed by atoms with E-state index in [-0.39, 0.29) is 12.1 Å². The summed E-state index contributed by atoms with van der Waals surface area (Å²) in [4.78, 5) is 14.7. The molecule has 1 aromatic heterocycles. The SMILES string of the molecule is CCCCOCCOc1ccc(-c2ccc3c(c2)C=C(C(=O)OC)CCN3C(CC)n2cnnn2)cc1. The lowest BCUT2D eigenvalue weighted by Gasteiger charge is -2.33. The Labute approximate surface area is 218 Å². The molecule has 4 rings (SSSR count). The molecule has 2 aromatic carbocycles. The second-order valence-electron chi connectivity index (χ2n) is 8.90. The van der Waals surface area contributed by atoms with Crippen LogP contribution in [0.15, 0.2) is 54.4 Å². The molecule has 0 bridgehead atoms. The predicted molar refractivity (Wildman–Crippen MR) is 142 cm³/mol. The van der Waals surface area contributed by atoms with Gasteiger partial charge < -0.3 is 19.1 Å². The molecule has 1 unspecified atom stereocenters. The number of unbranched alkanes of at least 4 members (excludes halogenated alkanes) is 1. The molecule has 1 aliphatic rings. The number of hydrogen-bond donors (Lipinski definition) is 0. The molecule has 9 nitrogen and oxygen atoms in total. The maximum Gasteiger partial charge on any atom is 0.333 e. The lowest BCUT2D eigenvalue weighted by Crippen LogP contribution is -2.34. The molecular formula is C28H35N5O4. The number of rotatable bonds is 12. The fourth-order valence-corrected chi connectivity index (χ4v) is 4.50. The van der Waals surface area contributed by atoms with Gasteiger partial charge in [0.05, 0.1) is 13.7 Å². The van der Waals surface area contributed by atoms with E-state index in [1.807, 2.05) is 30.3 Å². The normalized spacial score (nSPS) is 13.9. The molecule has 3 aromatic rings. The first-order valence-corrected chi connectivity index (χ1v) is 12.9. The monoisotopic (exact) mass is 505 g/mol. The van der Waals surface area contributed by atoms with Gasteiger partial charge in [0, 0.05) is 24.4 Å². The first-order valence-electron chi connectivity index (χ1n) is 12.9. The van der Waals surface area contributed by atoms with E-state index < -0.39 is 0 Å². The number of esters is 1. The third kappa shape index (κ3) is 6.54. The Bertz CT molecular complexity index is 1180. The maximum atomic E-state index is 12.5. The zero-order valence-corrected chi connectivity index (χ0v) is 21.8. The molecule has 0 radical (unpaired) electrons. The average Bonchev–Trinajstić information content (AvgIpc) is 3.39. The summed E-state index contributed by atoms with van der Waals surface area (Å²) in [6.45, 7) is 6.77. The van der Waals surface area contributed by atoms with Crippen LogP contribution < -0.4 is 9.64 Å². The zero-order chi connectivity index (χ0) is 26.0. The van der Waals surface area contributed by atoms with Crippen LogP contribution in [0.4, 0.5) is 5.69 Å². The molecule has 2 heterocycles. The van der Waals surface area contributed by atoms with E-state index in [0.29, 0.717) is 31.8 Å². The van der Waals surface area contributed by atoms with E-state index in [9.17, 15) is 4.79 Å². The summed E-state index contributed by atoms with van der Waals surface area (Å²) < 4.78 is 18.2. The number of nitrogens with zero attached hydrogens (tertiary/aromatic N) is 5. The van der Waals surface area contributed by atoms with E-state index >= 15 is 0 Å². The molecule has 1 aliphatic heterocycles. The van der Waals surface area contributed by atoms with Gasteiger partial charge in [0.2, 0.25) is 0 Å². The van der Waals surface area contributed by atoms with Crippen molar-refractivity contribution in [2.45, 2.75) is 45.7 Å². The van der Waals surface area contributed by atoms with E-state index in [1.165, 1.54) is 7.11 Å². The van der Waals surface area contributed by atoms with Crippen molar-refractivity contribution in [2.24, 2.45) is 0 Å². The van der Waals surface area contributed by atoms with Crippen molar-refractivity contribution < 1.29 is 19.0 Å². The molecule has 0 amide bonds. The fourth-order valence-electron chi connectivity index (χ4n) is 4.50. The van der Waals surface area contributed by atoms with Gasteiger partial charge in [-0.15, -0.1) is 5.10 Å². The second kappa shape index (κ2) is 13.0. The van der Waals surface area contributed by atoms with Crippen molar-refractivity contribution in [3.05, 3.63) is 59.9 Å². The second-order valence-corrected chi connectivity index (χ2v) is 8.90. The van der Waals surface area contributed by atoms with Crippen LogP contribution in [0.25, 0.3) is 17.2 Å². The molecule has 1 atom stereocenters. The molecule has 0 fully saturated rings. The van der Waals surface area contributed by atoms with Gasteiger partial charge in [-0.2, -0.15) is 0 Å². The van der Waals surface area contributed by atoms with Gasteiger partial charge in [-0.3, -0.25) is 0 Å². The molecule has 0 spiro atoms. The molecule has 0 saturated heterocycles. The van der Waals surface area contributed by atoms with E-state index in [1.54, 1.807) is 11.0 Å². The quantitative estimate of drug-likeness (QED) is 0.253. The van der Waals surface area contributed by atoms with Gasteiger partial charge in [0.25, 0.3) is 0 Å². The third-order valence-electron chi connectivity index (χ3n) is 6.46. The van der Waals surface area contributed by atoms with Gasteiger partial charge in [-0.05, 0) is 76.7 Å². The number of benzene rings is 2. The average molecular weight is 506 g/mol. The minimum Gasteiger partial charge on any atom is -0.491 e. The molecule has 9 heteroatoms. The van der Waals surface area contributed by atoms with Crippen LogP contribution in [-0.4, -0.2) is 59.7 Å². The third-order valence-corrected chi connectivity index (χ3v) is 6.46. The summed E-state index contributed by atoms with van der Waals surface area (Å²) in [5.74, 6) is 0.498. The van der Waals surface area contributed by atoms with Crippen LogP contribution >= 0.6 is 0 Å². The Hall–Kier alpha value is -3.72. The van der Waals surface area contributed by atoms with E-state index in [0.717, 1.165) is 54.0 Å². The van der Waals surface area contributed by atoms with Gasteiger partial charge >= 0.3 is 5.97 Å². The highest BCUT2D eigenvalue weighted by Crippen LogP contribution is 2.36. The number of anilines is 1. The Balaban J connectivity index is 1.57. The summed E-state index contributed by atoms with van der Waals surface area (Å²) in [5, 5.41) is 11.8. The molecule has 0 aliphatic carbocycles. The summed E-state index contributed by atoms with van der Waals surface area (Å²) >= 11 is 0. The summed E-state index contributed by atoms with van der Waals surface area (Å²) in [7, 11) is 1.42. The van der Waals surface area contributed by atoms with Crippen molar-refractivity contribution in [2.75, 3.05) is 38.4 Å². The largest absolute Gasteiger partial charge is 0.491 e. The van der Waals surface area contributed by atoms with Crippen LogP contribution in [0, 0.1) is 0 Å². The summed E-state index contributed by atoms with van der Waals surface area (Å²) in [6, 6.07) is 14.4. The van der Waals surface area contributed by atoms with Crippen LogP contribution in [0.2, 0.25) is 0 Å². The number of hydrogen-bond acceptors (Lipinski definition) is 8. The number of fused-ring (bicyclic) bond motifs is 1. The molecular weight excluding hydrogens is 470 g/mol. The Morgan fingerprint density at radius 1 is 1.05 bits per heavy atom. The number of tetrazole rings is 1. The van der Waals surface area contributed by atoms with Crippen molar-refractivity contribution in [3.63, 3.8) is 0 Å². The van der Waals surface area contributed by atoms with E-state index in [4.69, 9.17) is 14.2 Å². The van der Waals surface area contributed by atoms with Crippen LogP contribution in [-0.2, 0) is 14.3 Å². The highest BCUT2D eigenvalue weighted by molar-refractivity contribution is 5.96. The first-order chi connectivity index (χ1) is 18.1. The lowest BCUT2D eigenvalue weighted by molar-refractivity contribution is -0.136.